The Morgan fingerprint density at radius 2 is 2.20 bits per heavy atom. The van der Waals surface area contributed by atoms with Crippen molar-refractivity contribution in [2.75, 3.05) is 6.54 Å². The van der Waals surface area contributed by atoms with Crippen molar-refractivity contribution in [3.63, 3.8) is 0 Å². The summed E-state index contributed by atoms with van der Waals surface area (Å²) in [4.78, 5) is 5.87. The van der Waals surface area contributed by atoms with Crippen LogP contribution in [-0.2, 0) is 6.42 Å². The van der Waals surface area contributed by atoms with Gasteiger partial charge in [-0.15, -0.1) is 11.3 Å². The number of rotatable bonds is 5. The Morgan fingerprint density at radius 1 is 1.35 bits per heavy atom. The van der Waals surface area contributed by atoms with Crippen molar-refractivity contribution < 1.29 is 4.52 Å². The molecule has 0 radical (unpaired) electrons. The number of nitrogens with zero attached hydrogens (tertiary/aromatic N) is 2. The molecule has 108 valence electrons. The first kappa shape index (κ1) is 13.8. The minimum atomic E-state index is 0.453. The number of hydrogen-bond donors (Lipinski definition) is 1. The fraction of sp³-hybridized carbons (Fsp3) is 0.600. The summed E-state index contributed by atoms with van der Waals surface area (Å²) in [6, 6.07) is 4.84. The molecule has 5 heteroatoms. The highest BCUT2D eigenvalue weighted by atomic mass is 32.1. The van der Waals surface area contributed by atoms with Gasteiger partial charge in [0, 0.05) is 23.3 Å². The summed E-state index contributed by atoms with van der Waals surface area (Å²) in [6.07, 6.45) is 5.51. The van der Waals surface area contributed by atoms with E-state index in [1.165, 1.54) is 17.7 Å². The molecule has 0 aliphatic heterocycles. The molecule has 3 rings (SSSR count). The van der Waals surface area contributed by atoms with Gasteiger partial charge in [-0.2, -0.15) is 4.98 Å². The topological polar surface area (TPSA) is 51.0 Å². The standard InChI is InChI=1S/C15H21N3OS/c1-2-16-12-7-5-11(6-8-12)15-17-14(18-19-15)10-13-4-3-9-20-13/h3-4,9,11-12,16H,2,5-8,10H2,1H3. The molecule has 2 heterocycles. The molecule has 0 spiro atoms. The lowest BCUT2D eigenvalue weighted by atomic mass is 9.86. The fourth-order valence-corrected chi connectivity index (χ4v) is 3.61. The van der Waals surface area contributed by atoms with Gasteiger partial charge in [0.2, 0.25) is 5.89 Å². The predicted molar refractivity (Wildman–Crippen MR) is 80.1 cm³/mol. The van der Waals surface area contributed by atoms with E-state index in [2.05, 4.69) is 39.9 Å². The first-order chi connectivity index (χ1) is 9.85. The van der Waals surface area contributed by atoms with Crippen molar-refractivity contribution in [3.05, 3.63) is 34.1 Å². The van der Waals surface area contributed by atoms with Crippen LogP contribution in [0.2, 0.25) is 0 Å². The molecular formula is C15H21N3OS. The molecule has 0 bridgehead atoms. The third kappa shape index (κ3) is 3.27. The van der Waals surface area contributed by atoms with E-state index in [1.807, 2.05) is 0 Å². The van der Waals surface area contributed by atoms with Crippen molar-refractivity contribution in [3.8, 4) is 0 Å². The molecule has 2 aromatic rings. The molecule has 1 N–H and O–H groups in total. The van der Waals surface area contributed by atoms with Crippen LogP contribution in [0.15, 0.2) is 22.0 Å². The molecule has 1 fully saturated rings. The average Bonchev–Trinajstić information content (AvgIpc) is 3.12. The van der Waals surface area contributed by atoms with E-state index >= 15 is 0 Å². The minimum absolute atomic E-state index is 0.453. The van der Waals surface area contributed by atoms with E-state index in [1.54, 1.807) is 11.3 Å². The highest BCUT2D eigenvalue weighted by Crippen LogP contribution is 2.32. The quantitative estimate of drug-likeness (QED) is 0.917. The molecule has 1 saturated carbocycles. The summed E-state index contributed by atoms with van der Waals surface area (Å²) in [5.41, 5.74) is 0. The van der Waals surface area contributed by atoms with Gasteiger partial charge in [0.05, 0.1) is 0 Å². The van der Waals surface area contributed by atoms with Gasteiger partial charge in [-0.3, -0.25) is 0 Å². The summed E-state index contributed by atoms with van der Waals surface area (Å²) in [6.45, 7) is 3.22. The Labute approximate surface area is 123 Å². The van der Waals surface area contributed by atoms with Crippen molar-refractivity contribution in [2.24, 2.45) is 0 Å². The predicted octanol–water partition coefficient (Wildman–Crippen LogP) is 3.36. The van der Waals surface area contributed by atoms with E-state index in [0.29, 0.717) is 12.0 Å². The first-order valence-corrected chi connectivity index (χ1v) is 8.31. The third-order valence-corrected chi connectivity index (χ3v) is 4.84. The molecule has 1 aliphatic rings. The van der Waals surface area contributed by atoms with E-state index < -0.39 is 0 Å². The molecule has 2 aromatic heterocycles. The number of aromatic nitrogens is 2. The Hall–Kier alpha value is -1.20. The maximum Gasteiger partial charge on any atom is 0.229 e. The number of hydrogen-bond acceptors (Lipinski definition) is 5. The van der Waals surface area contributed by atoms with E-state index in [9.17, 15) is 0 Å². The first-order valence-electron chi connectivity index (χ1n) is 7.43. The summed E-state index contributed by atoms with van der Waals surface area (Å²) in [7, 11) is 0. The molecule has 4 nitrogen and oxygen atoms in total. The van der Waals surface area contributed by atoms with Crippen LogP contribution in [0, 0.1) is 0 Å². The third-order valence-electron chi connectivity index (χ3n) is 3.97. The van der Waals surface area contributed by atoms with Crippen LogP contribution in [0.3, 0.4) is 0 Å². The fourth-order valence-electron chi connectivity index (χ4n) is 2.91. The minimum Gasteiger partial charge on any atom is -0.339 e. The SMILES string of the molecule is CCNC1CCC(c2nc(Cc3cccs3)no2)CC1. The second-order valence-electron chi connectivity index (χ2n) is 5.41. The lowest BCUT2D eigenvalue weighted by molar-refractivity contribution is 0.284. The van der Waals surface area contributed by atoms with Crippen molar-refractivity contribution in [1.82, 2.24) is 15.5 Å². The van der Waals surface area contributed by atoms with Gasteiger partial charge >= 0.3 is 0 Å². The van der Waals surface area contributed by atoms with Crippen LogP contribution in [0.4, 0.5) is 0 Å². The molecule has 20 heavy (non-hydrogen) atoms. The molecular weight excluding hydrogens is 270 g/mol. The van der Waals surface area contributed by atoms with Crippen LogP contribution in [-0.4, -0.2) is 22.7 Å². The highest BCUT2D eigenvalue weighted by Gasteiger charge is 2.25. The smallest absolute Gasteiger partial charge is 0.229 e. The molecule has 0 unspecified atom stereocenters. The molecule has 1 aliphatic carbocycles. The van der Waals surface area contributed by atoms with E-state index in [4.69, 9.17) is 4.52 Å². The van der Waals surface area contributed by atoms with Crippen LogP contribution >= 0.6 is 11.3 Å². The Morgan fingerprint density at radius 3 is 2.90 bits per heavy atom. The number of nitrogens with one attached hydrogen (secondary N) is 1. The second-order valence-corrected chi connectivity index (χ2v) is 6.44. The van der Waals surface area contributed by atoms with Gasteiger partial charge < -0.3 is 9.84 Å². The Balaban J connectivity index is 1.57. The zero-order valence-electron chi connectivity index (χ0n) is 11.8. The van der Waals surface area contributed by atoms with Crippen molar-refractivity contribution in [2.45, 2.75) is 51.0 Å². The largest absolute Gasteiger partial charge is 0.339 e. The summed E-state index contributed by atoms with van der Waals surface area (Å²) in [5, 5.41) is 9.73. The lowest BCUT2D eigenvalue weighted by Gasteiger charge is -2.26. The maximum absolute atomic E-state index is 5.47. The van der Waals surface area contributed by atoms with Crippen LogP contribution in [0.1, 0.15) is 55.1 Å². The van der Waals surface area contributed by atoms with Crippen LogP contribution < -0.4 is 5.32 Å². The normalized spacial score (nSPS) is 23.1. The zero-order chi connectivity index (χ0) is 13.8. The monoisotopic (exact) mass is 291 g/mol. The molecule has 0 amide bonds. The second kappa shape index (κ2) is 6.50. The van der Waals surface area contributed by atoms with Gasteiger partial charge in [0.25, 0.3) is 0 Å². The lowest BCUT2D eigenvalue weighted by Crippen LogP contribution is -2.32. The van der Waals surface area contributed by atoms with Gasteiger partial charge in [0.1, 0.15) is 0 Å². The van der Waals surface area contributed by atoms with Crippen LogP contribution in [0.5, 0.6) is 0 Å². The Kier molecular flexibility index (Phi) is 4.47. The van der Waals surface area contributed by atoms with Gasteiger partial charge in [-0.25, -0.2) is 0 Å². The summed E-state index contributed by atoms with van der Waals surface area (Å²) in [5.74, 6) is 2.11. The molecule has 0 aromatic carbocycles. The van der Waals surface area contributed by atoms with Crippen molar-refractivity contribution in [1.29, 1.82) is 0 Å². The van der Waals surface area contributed by atoms with Crippen molar-refractivity contribution >= 4 is 11.3 Å². The van der Waals surface area contributed by atoms with E-state index in [-0.39, 0.29) is 0 Å². The average molecular weight is 291 g/mol. The highest BCUT2D eigenvalue weighted by molar-refractivity contribution is 7.09. The molecule has 0 saturated heterocycles. The number of thiophene rings is 1. The zero-order valence-corrected chi connectivity index (χ0v) is 12.7. The Bertz CT molecular complexity index is 515. The maximum atomic E-state index is 5.47. The van der Waals surface area contributed by atoms with Crippen LogP contribution in [0.25, 0.3) is 0 Å². The van der Waals surface area contributed by atoms with E-state index in [0.717, 1.165) is 37.5 Å². The summed E-state index contributed by atoms with van der Waals surface area (Å²) < 4.78 is 5.47. The summed E-state index contributed by atoms with van der Waals surface area (Å²) >= 11 is 1.74. The van der Waals surface area contributed by atoms with Gasteiger partial charge in [-0.05, 0) is 43.7 Å². The van der Waals surface area contributed by atoms with Gasteiger partial charge in [-0.1, -0.05) is 18.1 Å². The van der Waals surface area contributed by atoms with Gasteiger partial charge in [0.15, 0.2) is 5.82 Å². The molecule has 0 atom stereocenters.